The predicted molar refractivity (Wildman–Crippen MR) is 72.8 cm³/mol. The third-order valence-corrected chi connectivity index (χ3v) is 4.01. The molecule has 0 amide bonds. The van der Waals surface area contributed by atoms with Crippen LogP contribution in [0.3, 0.4) is 0 Å². The van der Waals surface area contributed by atoms with Crippen molar-refractivity contribution in [1.82, 2.24) is 20.2 Å². The molecule has 3 rings (SSSR count). The molecule has 0 aromatic carbocycles. The van der Waals surface area contributed by atoms with E-state index in [9.17, 15) is 0 Å². The van der Waals surface area contributed by atoms with Gasteiger partial charge in [-0.1, -0.05) is 13.8 Å². The summed E-state index contributed by atoms with van der Waals surface area (Å²) in [7, 11) is 0. The van der Waals surface area contributed by atoms with E-state index < -0.39 is 0 Å². The number of nitrogens with zero attached hydrogens (tertiary/aromatic N) is 3. The Balaban J connectivity index is 1.88. The Morgan fingerprint density at radius 1 is 1.32 bits per heavy atom. The van der Waals surface area contributed by atoms with Gasteiger partial charge in [0.05, 0.1) is 12.3 Å². The van der Waals surface area contributed by atoms with E-state index in [2.05, 4.69) is 24.1 Å². The third-order valence-electron chi connectivity index (χ3n) is 4.01. The van der Waals surface area contributed by atoms with Crippen LogP contribution >= 0.6 is 0 Å². The van der Waals surface area contributed by atoms with Gasteiger partial charge in [-0.3, -0.25) is 4.90 Å². The van der Waals surface area contributed by atoms with Gasteiger partial charge in [0.2, 0.25) is 0 Å². The molecule has 2 aliphatic rings. The first-order chi connectivity index (χ1) is 9.31. The molecule has 1 atom stereocenters. The number of nitrogens with one attached hydrogen (secondary N) is 1. The summed E-state index contributed by atoms with van der Waals surface area (Å²) >= 11 is 0. The maximum absolute atomic E-state index is 5.87. The Morgan fingerprint density at radius 2 is 2.21 bits per heavy atom. The molecule has 5 nitrogen and oxygen atoms in total. The van der Waals surface area contributed by atoms with Crippen LogP contribution in [0.15, 0.2) is 0 Å². The Labute approximate surface area is 114 Å². The Kier molecular flexibility index (Phi) is 3.77. The standard InChI is InChI=1S/C14H22N4O/c1-3-11-10-7-15-8-12(10)17-14(16-11)13-9-18(4-2)5-6-19-13/h13,15H,3-9H2,1-2H3. The summed E-state index contributed by atoms with van der Waals surface area (Å²) in [5.41, 5.74) is 3.65. The fourth-order valence-corrected chi connectivity index (χ4v) is 2.84. The van der Waals surface area contributed by atoms with E-state index in [1.54, 1.807) is 0 Å². The van der Waals surface area contributed by atoms with E-state index in [0.717, 1.165) is 51.6 Å². The van der Waals surface area contributed by atoms with Crippen molar-refractivity contribution in [2.45, 2.75) is 39.5 Å². The van der Waals surface area contributed by atoms with Crippen molar-refractivity contribution in [3.8, 4) is 0 Å². The summed E-state index contributed by atoms with van der Waals surface area (Å²) < 4.78 is 5.87. The fraction of sp³-hybridized carbons (Fsp3) is 0.714. The topological polar surface area (TPSA) is 50.3 Å². The van der Waals surface area contributed by atoms with Crippen LogP contribution in [0.5, 0.6) is 0 Å². The smallest absolute Gasteiger partial charge is 0.158 e. The molecule has 0 saturated carbocycles. The second kappa shape index (κ2) is 5.53. The van der Waals surface area contributed by atoms with Crippen LogP contribution in [0.4, 0.5) is 0 Å². The number of fused-ring (bicyclic) bond motifs is 1. The number of rotatable bonds is 3. The molecule has 2 aliphatic heterocycles. The number of morpholine rings is 1. The minimum atomic E-state index is 0.0323. The summed E-state index contributed by atoms with van der Waals surface area (Å²) in [4.78, 5) is 11.9. The Bertz CT molecular complexity index is 463. The van der Waals surface area contributed by atoms with Gasteiger partial charge in [-0.15, -0.1) is 0 Å². The van der Waals surface area contributed by atoms with Gasteiger partial charge in [-0.2, -0.15) is 0 Å². The van der Waals surface area contributed by atoms with Gasteiger partial charge in [0.15, 0.2) is 5.82 Å². The van der Waals surface area contributed by atoms with Gasteiger partial charge in [-0.25, -0.2) is 9.97 Å². The van der Waals surface area contributed by atoms with Crippen molar-refractivity contribution in [1.29, 1.82) is 0 Å². The number of likely N-dealkylation sites (N-methyl/N-ethyl adjacent to an activating group) is 1. The second-order valence-electron chi connectivity index (χ2n) is 5.16. The number of hydrogen-bond acceptors (Lipinski definition) is 5. The zero-order valence-corrected chi connectivity index (χ0v) is 11.8. The molecule has 1 aromatic rings. The molecule has 3 heterocycles. The van der Waals surface area contributed by atoms with E-state index in [4.69, 9.17) is 14.7 Å². The van der Waals surface area contributed by atoms with Crippen LogP contribution in [-0.2, 0) is 24.2 Å². The van der Waals surface area contributed by atoms with Crippen molar-refractivity contribution in [3.63, 3.8) is 0 Å². The highest BCUT2D eigenvalue weighted by Crippen LogP contribution is 2.24. The first kappa shape index (κ1) is 13.0. The van der Waals surface area contributed by atoms with Crippen molar-refractivity contribution in [2.24, 2.45) is 0 Å². The van der Waals surface area contributed by atoms with E-state index in [0.29, 0.717) is 0 Å². The first-order valence-corrected chi connectivity index (χ1v) is 7.25. The van der Waals surface area contributed by atoms with Crippen LogP contribution in [0.25, 0.3) is 0 Å². The SMILES string of the molecule is CCc1nc(C2CN(CC)CCO2)nc2c1CNC2. The van der Waals surface area contributed by atoms with Gasteiger partial charge < -0.3 is 10.1 Å². The molecule has 1 N–H and O–H groups in total. The lowest BCUT2D eigenvalue weighted by atomic mass is 10.1. The Hall–Kier alpha value is -1.04. The fourth-order valence-electron chi connectivity index (χ4n) is 2.84. The molecule has 1 aromatic heterocycles. The Morgan fingerprint density at radius 3 is 3.00 bits per heavy atom. The van der Waals surface area contributed by atoms with Crippen molar-refractivity contribution in [2.75, 3.05) is 26.2 Å². The van der Waals surface area contributed by atoms with Gasteiger partial charge in [0.25, 0.3) is 0 Å². The summed E-state index contributed by atoms with van der Waals surface area (Å²) in [6.45, 7) is 9.88. The number of aromatic nitrogens is 2. The molecule has 19 heavy (non-hydrogen) atoms. The highest BCUT2D eigenvalue weighted by atomic mass is 16.5. The summed E-state index contributed by atoms with van der Waals surface area (Å²) in [5.74, 6) is 0.873. The molecular weight excluding hydrogens is 240 g/mol. The number of aryl methyl sites for hydroxylation is 1. The average molecular weight is 262 g/mol. The predicted octanol–water partition coefficient (Wildman–Crippen LogP) is 1.04. The van der Waals surface area contributed by atoms with Gasteiger partial charge in [0.1, 0.15) is 6.10 Å². The molecule has 0 radical (unpaired) electrons. The molecule has 0 aliphatic carbocycles. The number of ether oxygens (including phenoxy) is 1. The third kappa shape index (κ3) is 2.50. The van der Waals surface area contributed by atoms with Crippen LogP contribution < -0.4 is 5.32 Å². The monoisotopic (exact) mass is 262 g/mol. The van der Waals surface area contributed by atoms with Gasteiger partial charge in [0, 0.05) is 37.4 Å². The lowest BCUT2D eigenvalue weighted by Gasteiger charge is -2.31. The molecular formula is C14H22N4O. The molecule has 1 fully saturated rings. The van der Waals surface area contributed by atoms with Gasteiger partial charge in [-0.05, 0) is 13.0 Å². The maximum Gasteiger partial charge on any atom is 0.158 e. The van der Waals surface area contributed by atoms with Crippen LogP contribution in [-0.4, -0.2) is 41.1 Å². The molecule has 0 bridgehead atoms. The minimum absolute atomic E-state index is 0.0323. The largest absolute Gasteiger partial charge is 0.368 e. The maximum atomic E-state index is 5.87. The zero-order valence-electron chi connectivity index (χ0n) is 11.8. The second-order valence-corrected chi connectivity index (χ2v) is 5.16. The van der Waals surface area contributed by atoms with Crippen molar-refractivity contribution >= 4 is 0 Å². The quantitative estimate of drug-likeness (QED) is 0.882. The number of hydrogen-bond donors (Lipinski definition) is 1. The molecule has 1 saturated heterocycles. The van der Waals surface area contributed by atoms with Crippen molar-refractivity contribution in [3.05, 3.63) is 22.8 Å². The van der Waals surface area contributed by atoms with Crippen LogP contribution in [0.2, 0.25) is 0 Å². The normalized spacial score (nSPS) is 23.6. The van der Waals surface area contributed by atoms with Crippen molar-refractivity contribution < 1.29 is 4.74 Å². The molecule has 104 valence electrons. The highest BCUT2D eigenvalue weighted by molar-refractivity contribution is 5.29. The van der Waals surface area contributed by atoms with E-state index in [1.165, 1.54) is 17.0 Å². The van der Waals surface area contributed by atoms with E-state index in [-0.39, 0.29) is 6.10 Å². The summed E-state index contributed by atoms with van der Waals surface area (Å²) in [5, 5.41) is 3.36. The lowest BCUT2D eigenvalue weighted by molar-refractivity contribution is -0.0327. The molecule has 1 unspecified atom stereocenters. The van der Waals surface area contributed by atoms with E-state index >= 15 is 0 Å². The lowest BCUT2D eigenvalue weighted by Crippen LogP contribution is -2.38. The minimum Gasteiger partial charge on any atom is -0.368 e. The summed E-state index contributed by atoms with van der Waals surface area (Å²) in [6, 6.07) is 0. The zero-order chi connectivity index (χ0) is 13.2. The highest BCUT2D eigenvalue weighted by Gasteiger charge is 2.26. The molecule has 0 spiro atoms. The average Bonchev–Trinajstić information content (AvgIpc) is 2.94. The first-order valence-electron chi connectivity index (χ1n) is 7.25. The van der Waals surface area contributed by atoms with Crippen LogP contribution in [0, 0.1) is 0 Å². The summed E-state index contributed by atoms with van der Waals surface area (Å²) in [6.07, 6.45) is 0.994. The molecule has 5 heteroatoms. The van der Waals surface area contributed by atoms with Gasteiger partial charge >= 0.3 is 0 Å². The van der Waals surface area contributed by atoms with Crippen LogP contribution in [0.1, 0.15) is 42.7 Å². The van der Waals surface area contributed by atoms with E-state index in [1.807, 2.05) is 0 Å².